The number of nitrogens with one attached hydrogen (secondary N) is 1. The number of methoxy groups -OCH3 is 2. The second-order valence-corrected chi connectivity index (χ2v) is 6.17. The number of nitrogens with zero attached hydrogens (tertiary/aromatic N) is 2. The average molecular weight is 425 g/mol. The van der Waals surface area contributed by atoms with Gasteiger partial charge in [0.1, 0.15) is 5.75 Å². The van der Waals surface area contributed by atoms with E-state index >= 15 is 0 Å². The largest absolute Gasteiger partial charge is 0.495 e. The third-order valence-electron chi connectivity index (χ3n) is 4.08. The summed E-state index contributed by atoms with van der Waals surface area (Å²) in [5.74, 6) is -0.797. The van der Waals surface area contributed by atoms with Gasteiger partial charge in [0.2, 0.25) is 5.91 Å². The van der Waals surface area contributed by atoms with E-state index in [-0.39, 0.29) is 36.2 Å². The Labute approximate surface area is 177 Å². The van der Waals surface area contributed by atoms with Crippen molar-refractivity contribution < 1.29 is 33.1 Å². The van der Waals surface area contributed by atoms with Crippen LogP contribution in [0.15, 0.2) is 53.1 Å². The van der Waals surface area contributed by atoms with Gasteiger partial charge in [0.05, 0.1) is 37.5 Å². The minimum atomic E-state index is -0.634. The molecule has 160 valence electrons. The van der Waals surface area contributed by atoms with Crippen LogP contribution in [0, 0.1) is 0 Å². The molecule has 2 aromatic carbocycles. The number of ether oxygens (including phenoxy) is 3. The summed E-state index contributed by atoms with van der Waals surface area (Å²) in [6.07, 6.45) is -0.134. The third kappa shape index (κ3) is 5.66. The van der Waals surface area contributed by atoms with Crippen molar-refractivity contribution in [1.29, 1.82) is 0 Å². The molecule has 0 saturated heterocycles. The van der Waals surface area contributed by atoms with Crippen molar-refractivity contribution in [2.75, 3.05) is 19.5 Å². The maximum absolute atomic E-state index is 12.2. The zero-order chi connectivity index (χ0) is 22.2. The van der Waals surface area contributed by atoms with Crippen LogP contribution in [0.2, 0.25) is 0 Å². The molecule has 0 radical (unpaired) electrons. The highest BCUT2D eigenvalue weighted by Crippen LogP contribution is 2.23. The Kier molecular flexibility index (Phi) is 6.94. The lowest BCUT2D eigenvalue weighted by Gasteiger charge is -2.08. The van der Waals surface area contributed by atoms with Crippen molar-refractivity contribution in [3.05, 3.63) is 71.4 Å². The molecule has 0 aliphatic rings. The fourth-order valence-corrected chi connectivity index (χ4v) is 2.58. The molecule has 0 unspecified atom stereocenters. The van der Waals surface area contributed by atoms with Crippen LogP contribution < -0.4 is 10.1 Å². The van der Waals surface area contributed by atoms with Crippen molar-refractivity contribution in [2.24, 2.45) is 0 Å². The Morgan fingerprint density at radius 1 is 0.968 bits per heavy atom. The highest BCUT2D eigenvalue weighted by Gasteiger charge is 2.15. The van der Waals surface area contributed by atoms with Crippen molar-refractivity contribution in [3.63, 3.8) is 0 Å². The van der Waals surface area contributed by atoms with E-state index in [9.17, 15) is 14.4 Å². The van der Waals surface area contributed by atoms with Gasteiger partial charge >= 0.3 is 11.9 Å². The number of esters is 2. The SMILES string of the molecule is COC(=O)c1ccc(C(=O)OCc2nc(CC(=O)Nc3ccccc3OC)no2)cc1. The van der Waals surface area contributed by atoms with E-state index in [0.29, 0.717) is 17.0 Å². The van der Waals surface area contributed by atoms with E-state index in [1.807, 2.05) is 0 Å². The maximum Gasteiger partial charge on any atom is 0.338 e. The fourth-order valence-electron chi connectivity index (χ4n) is 2.58. The Morgan fingerprint density at radius 2 is 1.65 bits per heavy atom. The number of anilines is 1. The summed E-state index contributed by atoms with van der Waals surface area (Å²) in [6, 6.07) is 12.8. The zero-order valence-electron chi connectivity index (χ0n) is 16.8. The molecule has 3 aromatic rings. The van der Waals surface area contributed by atoms with Gasteiger partial charge in [0.25, 0.3) is 5.89 Å². The molecule has 31 heavy (non-hydrogen) atoms. The molecule has 1 N–H and O–H groups in total. The molecular weight excluding hydrogens is 406 g/mol. The standard InChI is InChI=1S/C21H19N3O7/c1-28-16-6-4-3-5-15(16)22-18(25)11-17-23-19(31-24-17)12-30-21(27)14-9-7-13(8-10-14)20(26)29-2/h3-10H,11-12H2,1-2H3,(H,22,25). The Morgan fingerprint density at radius 3 is 2.32 bits per heavy atom. The van der Waals surface area contributed by atoms with Crippen LogP contribution in [0.4, 0.5) is 5.69 Å². The van der Waals surface area contributed by atoms with Gasteiger partial charge in [-0.1, -0.05) is 17.3 Å². The molecule has 3 rings (SSSR count). The number of rotatable bonds is 8. The smallest absolute Gasteiger partial charge is 0.338 e. The molecule has 0 fully saturated rings. The average Bonchev–Trinajstić information content (AvgIpc) is 3.24. The molecule has 0 atom stereocenters. The second kappa shape index (κ2) is 10.0. The van der Waals surface area contributed by atoms with Crippen molar-refractivity contribution in [2.45, 2.75) is 13.0 Å². The fraction of sp³-hybridized carbons (Fsp3) is 0.190. The van der Waals surface area contributed by atoms with Crippen molar-refractivity contribution >= 4 is 23.5 Å². The summed E-state index contributed by atoms with van der Waals surface area (Å²) < 4.78 is 19.9. The van der Waals surface area contributed by atoms with Crippen LogP contribution in [-0.2, 0) is 27.3 Å². The molecule has 0 spiro atoms. The van der Waals surface area contributed by atoms with Crippen molar-refractivity contribution in [1.82, 2.24) is 10.1 Å². The van der Waals surface area contributed by atoms with E-state index in [1.165, 1.54) is 38.5 Å². The van der Waals surface area contributed by atoms with Crippen LogP contribution in [0.25, 0.3) is 0 Å². The lowest BCUT2D eigenvalue weighted by atomic mass is 10.1. The normalized spacial score (nSPS) is 10.3. The molecule has 0 bridgehead atoms. The molecule has 10 nitrogen and oxygen atoms in total. The topological polar surface area (TPSA) is 130 Å². The molecule has 0 saturated carbocycles. The Bertz CT molecular complexity index is 1080. The van der Waals surface area contributed by atoms with Gasteiger partial charge in [0.15, 0.2) is 12.4 Å². The molecule has 1 heterocycles. The number of hydrogen-bond acceptors (Lipinski definition) is 9. The lowest BCUT2D eigenvalue weighted by Crippen LogP contribution is -2.15. The first kappa shape index (κ1) is 21.5. The minimum Gasteiger partial charge on any atom is -0.495 e. The molecule has 1 aromatic heterocycles. The van der Waals surface area contributed by atoms with Crippen LogP contribution in [-0.4, -0.2) is 42.2 Å². The number of amides is 1. The summed E-state index contributed by atoms with van der Waals surface area (Å²) in [4.78, 5) is 39.8. The summed E-state index contributed by atoms with van der Waals surface area (Å²) >= 11 is 0. The monoisotopic (exact) mass is 425 g/mol. The van der Waals surface area contributed by atoms with E-state index in [1.54, 1.807) is 24.3 Å². The van der Waals surface area contributed by atoms with Crippen LogP contribution in [0.1, 0.15) is 32.4 Å². The van der Waals surface area contributed by atoms with Gasteiger partial charge in [-0.3, -0.25) is 4.79 Å². The van der Waals surface area contributed by atoms with Gasteiger partial charge in [-0.2, -0.15) is 4.98 Å². The number of para-hydroxylation sites is 2. The zero-order valence-corrected chi connectivity index (χ0v) is 16.8. The first-order valence-corrected chi connectivity index (χ1v) is 9.10. The van der Waals surface area contributed by atoms with Gasteiger partial charge < -0.3 is 24.1 Å². The number of hydrogen-bond donors (Lipinski definition) is 1. The molecule has 1 amide bonds. The predicted molar refractivity (Wildman–Crippen MR) is 107 cm³/mol. The molecule has 0 aliphatic heterocycles. The molecule has 0 aliphatic carbocycles. The highest BCUT2D eigenvalue weighted by molar-refractivity contribution is 5.94. The van der Waals surface area contributed by atoms with Gasteiger partial charge in [0, 0.05) is 0 Å². The first-order chi connectivity index (χ1) is 15.0. The number of aromatic nitrogens is 2. The van der Waals surface area contributed by atoms with E-state index in [4.69, 9.17) is 14.0 Å². The summed E-state index contributed by atoms with van der Waals surface area (Å²) in [7, 11) is 2.77. The highest BCUT2D eigenvalue weighted by atomic mass is 16.6. The van der Waals surface area contributed by atoms with Crippen LogP contribution >= 0.6 is 0 Å². The third-order valence-corrected chi connectivity index (χ3v) is 4.08. The molecular formula is C21H19N3O7. The lowest BCUT2D eigenvalue weighted by molar-refractivity contribution is -0.115. The van der Waals surface area contributed by atoms with E-state index in [0.717, 1.165) is 0 Å². The quantitative estimate of drug-likeness (QED) is 0.541. The first-order valence-electron chi connectivity index (χ1n) is 9.10. The predicted octanol–water partition coefficient (Wildman–Crippen LogP) is 2.40. The second-order valence-electron chi connectivity index (χ2n) is 6.17. The summed E-state index contributed by atoms with van der Waals surface area (Å²) in [5, 5.41) is 6.41. The van der Waals surface area contributed by atoms with Gasteiger partial charge in [-0.05, 0) is 36.4 Å². The molecule has 10 heteroatoms. The van der Waals surface area contributed by atoms with Gasteiger partial charge in [-0.25, -0.2) is 9.59 Å². The Hall–Kier alpha value is -4.21. The number of carbonyl (C=O) groups is 3. The van der Waals surface area contributed by atoms with E-state index in [2.05, 4.69) is 20.2 Å². The van der Waals surface area contributed by atoms with Gasteiger partial charge in [-0.15, -0.1) is 0 Å². The van der Waals surface area contributed by atoms with Crippen LogP contribution in [0.3, 0.4) is 0 Å². The summed E-state index contributed by atoms with van der Waals surface area (Å²) in [6.45, 7) is -0.265. The van der Waals surface area contributed by atoms with Crippen LogP contribution in [0.5, 0.6) is 5.75 Å². The van der Waals surface area contributed by atoms with E-state index < -0.39 is 11.9 Å². The summed E-state index contributed by atoms with van der Waals surface area (Å²) in [5.41, 5.74) is 1.07. The van der Waals surface area contributed by atoms with Crippen molar-refractivity contribution in [3.8, 4) is 5.75 Å². The minimum absolute atomic E-state index is 0.0413. The number of benzene rings is 2. The number of carbonyl (C=O) groups excluding carboxylic acids is 3. The maximum atomic E-state index is 12.2. The Balaban J connectivity index is 1.52.